The Kier molecular flexibility index (Phi) is 5.61. The number of carbonyl (C=O) groups excluding carboxylic acids is 1. The largest absolute Gasteiger partial charge is 0.469 e. The number of aliphatic hydroxyl groups excluding tert-OH is 1. The Morgan fingerprint density at radius 1 is 1.04 bits per heavy atom. The van der Waals surface area contributed by atoms with Crippen molar-refractivity contribution in [2.24, 2.45) is 46.3 Å². The van der Waals surface area contributed by atoms with Crippen molar-refractivity contribution in [1.82, 2.24) is 0 Å². The number of hydrogen-bond acceptors (Lipinski definition) is 3. The minimum atomic E-state index is -0.0546. The van der Waals surface area contributed by atoms with Gasteiger partial charge in [0.15, 0.2) is 0 Å². The number of carbonyl (C=O) groups is 1. The van der Waals surface area contributed by atoms with Crippen molar-refractivity contribution in [2.75, 3.05) is 7.11 Å². The van der Waals surface area contributed by atoms with Crippen LogP contribution in [0.1, 0.15) is 91.4 Å². The van der Waals surface area contributed by atoms with Gasteiger partial charge in [-0.1, -0.05) is 20.8 Å². The van der Waals surface area contributed by atoms with Gasteiger partial charge in [-0.2, -0.15) is 0 Å². The molecule has 4 aliphatic carbocycles. The second kappa shape index (κ2) is 7.60. The standard InChI is InChI=1S/C25H42O3/c1-16(5-10-23(27)28-4)20-8-9-21-19-7-6-17-15-18(26)11-13-24(17,2)22(19)12-14-25(20,21)3/h16-22,26H,5-15H2,1-4H3/t16-,17-,18-,19+,20-,21?,22?,24+,25-/m1/s1. The Labute approximate surface area is 172 Å². The van der Waals surface area contributed by atoms with Crippen LogP contribution in [-0.4, -0.2) is 24.3 Å². The van der Waals surface area contributed by atoms with E-state index in [4.69, 9.17) is 4.74 Å². The van der Waals surface area contributed by atoms with Gasteiger partial charge in [0.2, 0.25) is 0 Å². The Hall–Kier alpha value is -0.570. The summed E-state index contributed by atoms with van der Waals surface area (Å²) in [6, 6.07) is 0. The van der Waals surface area contributed by atoms with E-state index in [1.54, 1.807) is 0 Å². The first-order chi connectivity index (χ1) is 13.3. The SMILES string of the molecule is COC(=O)CC[C@@H](C)[C@H]1CCC2[C@@H]3CC[C@@H]4C[C@H](O)CC[C@]4(C)C3CC[C@@]21C. The van der Waals surface area contributed by atoms with Gasteiger partial charge >= 0.3 is 5.97 Å². The molecule has 0 heterocycles. The highest BCUT2D eigenvalue weighted by Gasteiger charge is 2.60. The number of methoxy groups -OCH3 is 1. The highest BCUT2D eigenvalue weighted by molar-refractivity contribution is 5.69. The maximum Gasteiger partial charge on any atom is 0.305 e. The first kappa shape index (κ1) is 20.7. The van der Waals surface area contributed by atoms with E-state index in [2.05, 4.69) is 20.8 Å². The zero-order valence-corrected chi connectivity index (χ0v) is 18.6. The van der Waals surface area contributed by atoms with Gasteiger partial charge < -0.3 is 9.84 Å². The van der Waals surface area contributed by atoms with Crippen LogP contribution >= 0.6 is 0 Å². The van der Waals surface area contributed by atoms with Crippen molar-refractivity contribution in [2.45, 2.75) is 97.5 Å². The van der Waals surface area contributed by atoms with Gasteiger partial charge in [-0.15, -0.1) is 0 Å². The van der Waals surface area contributed by atoms with Crippen LogP contribution in [0.15, 0.2) is 0 Å². The van der Waals surface area contributed by atoms with Crippen LogP contribution in [0, 0.1) is 46.3 Å². The molecule has 0 aliphatic heterocycles. The van der Waals surface area contributed by atoms with Gasteiger partial charge in [0.25, 0.3) is 0 Å². The average Bonchev–Trinajstić information content (AvgIpc) is 3.03. The fourth-order valence-corrected chi connectivity index (χ4v) is 8.86. The number of ether oxygens (including phenoxy) is 1. The predicted molar refractivity (Wildman–Crippen MR) is 112 cm³/mol. The number of rotatable bonds is 4. The normalized spacial score (nSPS) is 48.9. The van der Waals surface area contributed by atoms with Crippen molar-refractivity contribution in [3.05, 3.63) is 0 Å². The highest BCUT2D eigenvalue weighted by Crippen LogP contribution is 2.68. The van der Waals surface area contributed by atoms with E-state index in [0.717, 1.165) is 48.9 Å². The summed E-state index contributed by atoms with van der Waals surface area (Å²) in [4.78, 5) is 11.6. The molecule has 160 valence electrons. The Bertz CT molecular complexity index is 588. The van der Waals surface area contributed by atoms with Gasteiger partial charge in [0, 0.05) is 6.42 Å². The van der Waals surface area contributed by atoms with Gasteiger partial charge in [-0.05, 0) is 111 Å². The van der Waals surface area contributed by atoms with E-state index in [9.17, 15) is 9.90 Å². The average molecular weight is 391 g/mol. The molecule has 3 nitrogen and oxygen atoms in total. The van der Waals surface area contributed by atoms with E-state index < -0.39 is 0 Å². The predicted octanol–water partition coefficient (Wildman–Crippen LogP) is 5.60. The highest BCUT2D eigenvalue weighted by atomic mass is 16.5. The summed E-state index contributed by atoms with van der Waals surface area (Å²) in [5.41, 5.74) is 0.937. The summed E-state index contributed by atoms with van der Waals surface area (Å²) in [5, 5.41) is 10.2. The summed E-state index contributed by atoms with van der Waals surface area (Å²) in [7, 11) is 1.50. The topological polar surface area (TPSA) is 46.5 Å². The molecule has 0 amide bonds. The zero-order chi connectivity index (χ0) is 20.1. The molecule has 2 unspecified atom stereocenters. The summed E-state index contributed by atoms with van der Waals surface area (Å²) in [6.07, 6.45) is 13.1. The lowest BCUT2D eigenvalue weighted by Gasteiger charge is -2.61. The summed E-state index contributed by atoms with van der Waals surface area (Å²) >= 11 is 0. The number of hydrogen-bond donors (Lipinski definition) is 1. The van der Waals surface area contributed by atoms with Crippen LogP contribution < -0.4 is 0 Å². The van der Waals surface area contributed by atoms with Gasteiger partial charge in [0.05, 0.1) is 13.2 Å². The van der Waals surface area contributed by atoms with Crippen LogP contribution in [0.5, 0.6) is 0 Å². The lowest BCUT2D eigenvalue weighted by Crippen LogP contribution is -2.54. The fourth-order valence-electron chi connectivity index (χ4n) is 8.86. The Morgan fingerprint density at radius 2 is 1.75 bits per heavy atom. The molecule has 1 N–H and O–H groups in total. The maximum atomic E-state index is 11.6. The van der Waals surface area contributed by atoms with Crippen molar-refractivity contribution in [1.29, 1.82) is 0 Å². The molecule has 0 radical (unpaired) electrons. The molecule has 0 aromatic carbocycles. The van der Waals surface area contributed by atoms with Crippen molar-refractivity contribution in [3.8, 4) is 0 Å². The lowest BCUT2D eigenvalue weighted by molar-refractivity contribution is -0.141. The Balaban J connectivity index is 1.48. The molecule has 0 bridgehead atoms. The third-order valence-electron chi connectivity index (χ3n) is 10.4. The monoisotopic (exact) mass is 390 g/mol. The van der Waals surface area contributed by atoms with E-state index in [1.807, 2.05) is 0 Å². The van der Waals surface area contributed by atoms with E-state index in [0.29, 0.717) is 23.2 Å². The first-order valence-electron chi connectivity index (χ1n) is 12.0. The molecule has 4 fully saturated rings. The van der Waals surface area contributed by atoms with Crippen molar-refractivity contribution < 1.29 is 14.6 Å². The minimum Gasteiger partial charge on any atom is -0.469 e. The molecule has 4 rings (SSSR count). The number of fused-ring (bicyclic) bond motifs is 5. The van der Waals surface area contributed by atoms with E-state index in [1.165, 1.54) is 52.1 Å². The molecule has 4 aliphatic rings. The molecule has 28 heavy (non-hydrogen) atoms. The molecule has 4 saturated carbocycles. The van der Waals surface area contributed by atoms with Crippen molar-refractivity contribution >= 4 is 5.97 Å². The van der Waals surface area contributed by atoms with Gasteiger partial charge in [0.1, 0.15) is 0 Å². The lowest BCUT2D eigenvalue weighted by atomic mass is 9.44. The van der Waals surface area contributed by atoms with Gasteiger partial charge in [-0.3, -0.25) is 4.79 Å². The second-order valence-electron chi connectivity index (χ2n) is 11.4. The van der Waals surface area contributed by atoms with E-state index in [-0.39, 0.29) is 12.1 Å². The van der Waals surface area contributed by atoms with Crippen LogP contribution in [0.4, 0.5) is 0 Å². The summed E-state index contributed by atoms with van der Waals surface area (Å²) in [5.74, 6) is 4.72. The van der Waals surface area contributed by atoms with Crippen LogP contribution in [0.25, 0.3) is 0 Å². The maximum absolute atomic E-state index is 11.6. The summed E-state index contributed by atoms with van der Waals surface area (Å²) < 4.78 is 4.88. The van der Waals surface area contributed by atoms with Crippen LogP contribution in [0.2, 0.25) is 0 Å². The number of aliphatic hydroxyl groups is 1. The number of esters is 1. The fraction of sp³-hybridized carbons (Fsp3) is 0.960. The van der Waals surface area contributed by atoms with Gasteiger partial charge in [-0.25, -0.2) is 0 Å². The van der Waals surface area contributed by atoms with Crippen LogP contribution in [0.3, 0.4) is 0 Å². The molecular formula is C25H42O3. The van der Waals surface area contributed by atoms with Crippen molar-refractivity contribution in [3.63, 3.8) is 0 Å². The smallest absolute Gasteiger partial charge is 0.305 e. The molecule has 9 atom stereocenters. The molecule has 0 aromatic heterocycles. The third kappa shape index (κ3) is 3.24. The summed E-state index contributed by atoms with van der Waals surface area (Å²) in [6.45, 7) is 7.56. The minimum absolute atomic E-state index is 0.0463. The Morgan fingerprint density at radius 3 is 2.50 bits per heavy atom. The molecular weight excluding hydrogens is 348 g/mol. The quantitative estimate of drug-likeness (QED) is 0.636. The molecule has 0 spiro atoms. The second-order valence-corrected chi connectivity index (χ2v) is 11.4. The van der Waals surface area contributed by atoms with Crippen LogP contribution in [-0.2, 0) is 9.53 Å². The molecule has 0 aromatic rings. The van der Waals surface area contributed by atoms with E-state index >= 15 is 0 Å². The first-order valence-corrected chi connectivity index (χ1v) is 12.0. The third-order valence-corrected chi connectivity index (χ3v) is 10.4. The molecule has 3 heteroatoms. The zero-order valence-electron chi connectivity index (χ0n) is 18.6. The molecule has 0 saturated heterocycles.